The van der Waals surface area contributed by atoms with E-state index in [1.165, 1.54) is 26.4 Å². The van der Waals surface area contributed by atoms with Gasteiger partial charge in [-0.25, -0.2) is 4.79 Å². The van der Waals surface area contributed by atoms with Crippen LogP contribution >= 0.6 is 0 Å². The molecular formula is C15H16N2O4. The van der Waals surface area contributed by atoms with Crippen LogP contribution in [0, 0.1) is 0 Å². The molecule has 0 aromatic heterocycles. The Balaban J connectivity index is 2.14. The Morgan fingerprint density at radius 3 is 2.05 bits per heavy atom. The van der Waals surface area contributed by atoms with E-state index in [1.807, 2.05) is 0 Å². The highest BCUT2D eigenvalue weighted by Gasteiger charge is 2.13. The minimum atomic E-state index is -0.441. The van der Waals surface area contributed by atoms with Crippen molar-refractivity contribution in [3.8, 4) is 17.2 Å². The summed E-state index contributed by atoms with van der Waals surface area (Å²) in [6, 6.07) is 10.9. The molecule has 2 aromatic rings. The van der Waals surface area contributed by atoms with Crippen LogP contribution in [0.2, 0.25) is 0 Å². The van der Waals surface area contributed by atoms with E-state index < -0.39 is 6.03 Å². The predicted molar refractivity (Wildman–Crippen MR) is 80.3 cm³/mol. The molecule has 0 spiro atoms. The second kappa shape index (κ2) is 6.51. The first-order chi connectivity index (χ1) is 10.1. The van der Waals surface area contributed by atoms with Crippen LogP contribution in [0.4, 0.5) is 16.2 Å². The highest BCUT2D eigenvalue weighted by molar-refractivity contribution is 6.01. The first-order valence-electron chi connectivity index (χ1n) is 6.22. The van der Waals surface area contributed by atoms with Crippen LogP contribution in [-0.4, -0.2) is 25.4 Å². The SMILES string of the molecule is COc1cccc(OC)c1NC(=O)Nc1ccc(O)cc1. The quantitative estimate of drug-likeness (QED) is 0.755. The molecule has 0 bridgehead atoms. The topological polar surface area (TPSA) is 79.8 Å². The van der Waals surface area contributed by atoms with Crippen LogP contribution in [0.15, 0.2) is 42.5 Å². The summed E-state index contributed by atoms with van der Waals surface area (Å²) < 4.78 is 10.4. The van der Waals surface area contributed by atoms with Gasteiger partial charge in [-0.05, 0) is 36.4 Å². The van der Waals surface area contributed by atoms with Crippen molar-refractivity contribution in [2.75, 3.05) is 24.9 Å². The van der Waals surface area contributed by atoms with Crippen molar-refractivity contribution in [1.29, 1.82) is 0 Å². The number of urea groups is 1. The lowest BCUT2D eigenvalue weighted by molar-refractivity contribution is 0.262. The maximum absolute atomic E-state index is 12.0. The van der Waals surface area contributed by atoms with Gasteiger partial charge in [0.05, 0.1) is 14.2 Å². The summed E-state index contributed by atoms with van der Waals surface area (Å²) in [6.45, 7) is 0. The second-order valence-corrected chi connectivity index (χ2v) is 4.16. The summed E-state index contributed by atoms with van der Waals surface area (Å²) in [7, 11) is 3.02. The van der Waals surface area contributed by atoms with Gasteiger partial charge in [-0.1, -0.05) is 6.07 Å². The van der Waals surface area contributed by atoms with E-state index in [0.29, 0.717) is 22.9 Å². The summed E-state index contributed by atoms with van der Waals surface area (Å²) >= 11 is 0. The number of phenols is 1. The molecule has 0 aliphatic heterocycles. The Kier molecular flexibility index (Phi) is 4.50. The lowest BCUT2D eigenvalue weighted by Gasteiger charge is -2.14. The second-order valence-electron chi connectivity index (χ2n) is 4.16. The van der Waals surface area contributed by atoms with E-state index in [9.17, 15) is 9.90 Å². The molecular weight excluding hydrogens is 272 g/mol. The zero-order chi connectivity index (χ0) is 15.2. The van der Waals surface area contributed by atoms with Gasteiger partial charge in [-0.15, -0.1) is 0 Å². The standard InChI is InChI=1S/C15H16N2O4/c1-20-12-4-3-5-13(21-2)14(12)17-15(19)16-10-6-8-11(18)9-7-10/h3-9,18H,1-2H3,(H2,16,17,19). The van der Waals surface area contributed by atoms with Crippen molar-refractivity contribution in [2.45, 2.75) is 0 Å². The van der Waals surface area contributed by atoms with Gasteiger partial charge in [-0.3, -0.25) is 0 Å². The monoisotopic (exact) mass is 288 g/mol. The number of ether oxygens (including phenoxy) is 2. The molecule has 3 N–H and O–H groups in total. The first kappa shape index (κ1) is 14.5. The van der Waals surface area contributed by atoms with E-state index in [1.54, 1.807) is 30.3 Å². The van der Waals surface area contributed by atoms with Gasteiger partial charge in [-0.2, -0.15) is 0 Å². The molecule has 0 unspecified atom stereocenters. The van der Waals surface area contributed by atoms with Gasteiger partial charge >= 0.3 is 6.03 Å². The lowest BCUT2D eigenvalue weighted by atomic mass is 10.2. The Hall–Kier alpha value is -2.89. The average molecular weight is 288 g/mol. The third-order valence-electron chi connectivity index (χ3n) is 2.79. The van der Waals surface area contributed by atoms with Gasteiger partial charge < -0.3 is 25.2 Å². The number of rotatable bonds is 4. The van der Waals surface area contributed by atoms with E-state index in [0.717, 1.165) is 0 Å². The Labute approximate surface area is 122 Å². The summed E-state index contributed by atoms with van der Waals surface area (Å²) in [5, 5.41) is 14.5. The summed E-state index contributed by atoms with van der Waals surface area (Å²) in [5.41, 5.74) is 0.998. The molecule has 2 rings (SSSR count). The summed E-state index contributed by atoms with van der Waals surface area (Å²) in [5.74, 6) is 1.12. The number of anilines is 2. The minimum absolute atomic E-state index is 0.132. The van der Waals surface area contributed by atoms with E-state index in [-0.39, 0.29) is 5.75 Å². The highest BCUT2D eigenvalue weighted by Crippen LogP contribution is 2.34. The van der Waals surface area contributed by atoms with Crippen LogP contribution in [0.3, 0.4) is 0 Å². The number of para-hydroxylation sites is 1. The van der Waals surface area contributed by atoms with Gasteiger partial charge in [0, 0.05) is 5.69 Å². The van der Waals surface area contributed by atoms with E-state index in [2.05, 4.69) is 10.6 Å². The number of amides is 2. The third kappa shape index (κ3) is 3.56. The largest absolute Gasteiger partial charge is 0.508 e. The van der Waals surface area contributed by atoms with Crippen molar-refractivity contribution < 1.29 is 19.4 Å². The smallest absolute Gasteiger partial charge is 0.323 e. The van der Waals surface area contributed by atoms with Crippen molar-refractivity contribution in [3.05, 3.63) is 42.5 Å². The third-order valence-corrected chi connectivity index (χ3v) is 2.79. The molecule has 0 heterocycles. The number of aromatic hydroxyl groups is 1. The molecule has 6 nitrogen and oxygen atoms in total. The maximum Gasteiger partial charge on any atom is 0.323 e. The minimum Gasteiger partial charge on any atom is -0.508 e. The van der Waals surface area contributed by atoms with Crippen molar-refractivity contribution in [2.24, 2.45) is 0 Å². The fourth-order valence-electron chi connectivity index (χ4n) is 1.80. The fourth-order valence-corrected chi connectivity index (χ4v) is 1.80. The van der Waals surface area contributed by atoms with Gasteiger partial charge in [0.15, 0.2) is 0 Å². The fraction of sp³-hybridized carbons (Fsp3) is 0.133. The van der Waals surface area contributed by atoms with Crippen LogP contribution in [0.5, 0.6) is 17.2 Å². The van der Waals surface area contributed by atoms with Crippen LogP contribution in [0.25, 0.3) is 0 Å². The molecule has 0 aliphatic carbocycles. The van der Waals surface area contributed by atoms with Gasteiger partial charge in [0.1, 0.15) is 22.9 Å². The van der Waals surface area contributed by atoms with E-state index >= 15 is 0 Å². The van der Waals surface area contributed by atoms with Crippen LogP contribution < -0.4 is 20.1 Å². The molecule has 110 valence electrons. The highest BCUT2D eigenvalue weighted by atomic mass is 16.5. The molecule has 2 amide bonds. The number of carbonyl (C=O) groups is 1. The molecule has 6 heteroatoms. The number of phenolic OH excluding ortho intramolecular Hbond substituents is 1. The molecule has 0 atom stereocenters. The van der Waals surface area contributed by atoms with Crippen molar-refractivity contribution in [3.63, 3.8) is 0 Å². The number of hydrogen-bond acceptors (Lipinski definition) is 4. The van der Waals surface area contributed by atoms with Gasteiger partial charge in [0.25, 0.3) is 0 Å². The van der Waals surface area contributed by atoms with E-state index in [4.69, 9.17) is 9.47 Å². The molecule has 0 fully saturated rings. The lowest BCUT2D eigenvalue weighted by Crippen LogP contribution is -2.20. The Morgan fingerprint density at radius 2 is 1.52 bits per heavy atom. The Bertz CT molecular complexity index is 604. The van der Waals surface area contributed by atoms with Crippen LogP contribution in [-0.2, 0) is 0 Å². The molecule has 0 aliphatic rings. The molecule has 21 heavy (non-hydrogen) atoms. The zero-order valence-corrected chi connectivity index (χ0v) is 11.7. The summed E-state index contributed by atoms with van der Waals surface area (Å²) in [4.78, 5) is 12.0. The molecule has 0 saturated heterocycles. The normalized spacial score (nSPS) is 9.81. The number of carbonyl (C=O) groups excluding carboxylic acids is 1. The molecule has 0 saturated carbocycles. The number of hydrogen-bond donors (Lipinski definition) is 3. The predicted octanol–water partition coefficient (Wildman–Crippen LogP) is 3.05. The zero-order valence-electron chi connectivity index (χ0n) is 11.7. The molecule has 0 radical (unpaired) electrons. The number of nitrogens with one attached hydrogen (secondary N) is 2. The number of benzene rings is 2. The average Bonchev–Trinajstić information content (AvgIpc) is 2.49. The number of methoxy groups -OCH3 is 2. The first-order valence-corrected chi connectivity index (χ1v) is 6.22. The molecule has 2 aromatic carbocycles. The Morgan fingerprint density at radius 1 is 0.952 bits per heavy atom. The van der Waals surface area contributed by atoms with Gasteiger partial charge in [0.2, 0.25) is 0 Å². The van der Waals surface area contributed by atoms with Crippen LogP contribution in [0.1, 0.15) is 0 Å². The summed E-state index contributed by atoms with van der Waals surface area (Å²) in [6.07, 6.45) is 0. The van der Waals surface area contributed by atoms with Crippen molar-refractivity contribution >= 4 is 17.4 Å². The maximum atomic E-state index is 12.0. The van der Waals surface area contributed by atoms with Crippen molar-refractivity contribution in [1.82, 2.24) is 0 Å².